The summed E-state index contributed by atoms with van der Waals surface area (Å²) in [5.74, 6) is -0.215. The van der Waals surface area contributed by atoms with E-state index in [1.807, 2.05) is 39.0 Å². The molecule has 0 aromatic heterocycles. The molecule has 2 aromatic carbocycles. The Labute approximate surface area is 142 Å². The number of aryl methyl sites for hydroxylation is 1. The molecule has 0 spiro atoms. The van der Waals surface area contributed by atoms with Gasteiger partial charge in [0.1, 0.15) is 0 Å². The molecule has 0 saturated heterocycles. The summed E-state index contributed by atoms with van der Waals surface area (Å²) in [5.41, 5.74) is 4.42. The third-order valence-corrected chi connectivity index (χ3v) is 3.82. The molecule has 5 nitrogen and oxygen atoms in total. The van der Waals surface area contributed by atoms with Crippen molar-refractivity contribution in [1.29, 1.82) is 0 Å². The van der Waals surface area contributed by atoms with Gasteiger partial charge in [0.15, 0.2) is 0 Å². The molecule has 126 valence electrons. The summed E-state index contributed by atoms with van der Waals surface area (Å²) in [6.07, 6.45) is 0. The molecule has 2 amide bonds. The summed E-state index contributed by atoms with van der Waals surface area (Å²) in [5, 5.41) is 8.70. The molecular formula is C19H23N3O2. The van der Waals surface area contributed by atoms with Crippen molar-refractivity contribution >= 4 is 23.2 Å². The summed E-state index contributed by atoms with van der Waals surface area (Å²) in [7, 11) is 0. The van der Waals surface area contributed by atoms with Gasteiger partial charge in [-0.2, -0.15) is 0 Å². The number of nitrogens with one attached hydrogen (secondary N) is 3. The van der Waals surface area contributed by atoms with E-state index in [4.69, 9.17) is 0 Å². The molecular weight excluding hydrogens is 302 g/mol. The number of hydrogen-bond acceptors (Lipinski definition) is 3. The number of carbonyl (C=O) groups is 2. The highest BCUT2D eigenvalue weighted by atomic mass is 16.2. The second-order valence-corrected chi connectivity index (χ2v) is 5.59. The maximum atomic E-state index is 12.1. The molecule has 0 radical (unpaired) electrons. The van der Waals surface area contributed by atoms with E-state index in [1.54, 1.807) is 24.3 Å². The molecule has 0 atom stereocenters. The molecule has 24 heavy (non-hydrogen) atoms. The molecule has 5 heteroatoms. The number of anilines is 2. The van der Waals surface area contributed by atoms with Crippen molar-refractivity contribution in [2.24, 2.45) is 0 Å². The van der Waals surface area contributed by atoms with E-state index >= 15 is 0 Å². The number of rotatable bonds is 6. The molecule has 0 aliphatic rings. The Morgan fingerprint density at radius 2 is 1.71 bits per heavy atom. The van der Waals surface area contributed by atoms with Gasteiger partial charge >= 0.3 is 0 Å². The maximum Gasteiger partial charge on any atom is 0.251 e. The van der Waals surface area contributed by atoms with E-state index in [1.165, 1.54) is 0 Å². The minimum absolute atomic E-state index is 0.100. The van der Waals surface area contributed by atoms with E-state index in [-0.39, 0.29) is 18.4 Å². The SMILES string of the molecule is CCNC(=O)c1ccc(NCC(=O)Nc2cccc(C)c2C)cc1. The monoisotopic (exact) mass is 325 g/mol. The van der Waals surface area contributed by atoms with Crippen LogP contribution in [0.3, 0.4) is 0 Å². The summed E-state index contributed by atoms with van der Waals surface area (Å²) < 4.78 is 0. The van der Waals surface area contributed by atoms with Crippen LogP contribution >= 0.6 is 0 Å². The Morgan fingerprint density at radius 1 is 1.00 bits per heavy atom. The topological polar surface area (TPSA) is 70.2 Å². The van der Waals surface area contributed by atoms with Crippen LogP contribution in [-0.2, 0) is 4.79 Å². The second kappa shape index (κ2) is 8.15. The van der Waals surface area contributed by atoms with E-state index < -0.39 is 0 Å². The van der Waals surface area contributed by atoms with Gasteiger partial charge in [-0.15, -0.1) is 0 Å². The first kappa shape index (κ1) is 17.5. The quantitative estimate of drug-likeness (QED) is 0.764. The molecule has 2 rings (SSSR count). The zero-order valence-electron chi connectivity index (χ0n) is 14.3. The van der Waals surface area contributed by atoms with E-state index in [0.717, 1.165) is 22.5 Å². The van der Waals surface area contributed by atoms with Gasteiger partial charge in [0, 0.05) is 23.5 Å². The Bertz CT molecular complexity index is 724. The van der Waals surface area contributed by atoms with Crippen LogP contribution in [0, 0.1) is 13.8 Å². The van der Waals surface area contributed by atoms with Crippen molar-refractivity contribution < 1.29 is 9.59 Å². The summed E-state index contributed by atoms with van der Waals surface area (Å²) in [6.45, 7) is 6.63. The van der Waals surface area contributed by atoms with Crippen LogP contribution in [-0.4, -0.2) is 24.9 Å². The zero-order chi connectivity index (χ0) is 17.5. The highest BCUT2D eigenvalue weighted by Crippen LogP contribution is 2.17. The van der Waals surface area contributed by atoms with Crippen LogP contribution in [0.25, 0.3) is 0 Å². The van der Waals surface area contributed by atoms with Crippen molar-refractivity contribution in [3.63, 3.8) is 0 Å². The number of hydrogen-bond donors (Lipinski definition) is 3. The molecule has 0 saturated carbocycles. The normalized spacial score (nSPS) is 10.1. The van der Waals surface area contributed by atoms with Gasteiger partial charge in [0.25, 0.3) is 5.91 Å². The molecule has 0 aliphatic heterocycles. The average Bonchev–Trinajstić information content (AvgIpc) is 2.58. The first-order valence-electron chi connectivity index (χ1n) is 7.99. The third-order valence-electron chi connectivity index (χ3n) is 3.82. The summed E-state index contributed by atoms with van der Waals surface area (Å²) >= 11 is 0. The Balaban J connectivity index is 1.90. The average molecular weight is 325 g/mol. The van der Waals surface area contributed by atoms with Gasteiger partial charge in [-0.05, 0) is 62.2 Å². The highest BCUT2D eigenvalue weighted by Gasteiger charge is 2.07. The number of benzene rings is 2. The van der Waals surface area contributed by atoms with Crippen molar-refractivity contribution in [2.75, 3.05) is 23.7 Å². The lowest BCUT2D eigenvalue weighted by Gasteiger charge is -2.11. The Morgan fingerprint density at radius 3 is 2.38 bits per heavy atom. The van der Waals surface area contributed by atoms with E-state index in [9.17, 15) is 9.59 Å². The van der Waals surface area contributed by atoms with Crippen LogP contribution in [0.5, 0.6) is 0 Å². The number of amides is 2. The molecule has 0 heterocycles. The molecule has 0 unspecified atom stereocenters. The Kier molecular flexibility index (Phi) is 5.95. The predicted molar refractivity (Wildman–Crippen MR) is 97.5 cm³/mol. The first-order chi connectivity index (χ1) is 11.5. The standard InChI is InChI=1S/C19H23N3O2/c1-4-20-19(24)15-8-10-16(11-9-15)21-12-18(23)22-17-7-5-6-13(2)14(17)3/h5-11,21H,4,12H2,1-3H3,(H,20,24)(H,22,23). The van der Waals surface area contributed by atoms with Gasteiger partial charge in [-0.3, -0.25) is 9.59 Å². The Hall–Kier alpha value is -2.82. The lowest BCUT2D eigenvalue weighted by atomic mass is 10.1. The highest BCUT2D eigenvalue weighted by molar-refractivity contribution is 5.95. The van der Waals surface area contributed by atoms with Crippen LogP contribution in [0.2, 0.25) is 0 Å². The van der Waals surface area contributed by atoms with Gasteiger partial charge < -0.3 is 16.0 Å². The minimum atomic E-state index is -0.114. The first-order valence-corrected chi connectivity index (χ1v) is 7.99. The van der Waals surface area contributed by atoms with Gasteiger partial charge in [-0.25, -0.2) is 0 Å². The lowest BCUT2D eigenvalue weighted by molar-refractivity contribution is -0.114. The van der Waals surface area contributed by atoms with Crippen molar-refractivity contribution in [2.45, 2.75) is 20.8 Å². The maximum absolute atomic E-state index is 12.1. The van der Waals surface area contributed by atoms with Gasteiger partial charge in [0.2, 0.25) is 5.91 Å². The predicted octanol–water partition coefficient (Wildman–Crippen LogP) is 3.10. The molecule has 2 aromatic rings. The lowest BCUT2D eigenvalue weighted by Crippen LogP contribution is -2.23. The largest absolute Gasteiger partial charge is 0.376 e. The number of carbonyl (C=O) groups excluding carboxylic acids is 2. The summed E-state index contributed by atoms with van der Waals surface area (Å²) in [6, 6.07) is 12.9. The smallest absolute Gasteiger partial charge is 0.251 e. The molecule has 0 bridgehead atoms. The van der Waals surface area contributed by atoms with Gasteiger partial charge in [0.05, 0.1) is 6.54 Å². The van der Waals surface area contributed by atoms with Crippen LogP contribution < -0.4 is 16.0 Å². The third kappa shape index (κ3) is 4.59. The van der Waals surface area contributed by atoms with E-state index in [2.05, 4.69) is 16.0 Å². The van der Waals surface area contributed by atoms with Crippen molar-refractivity contribution in [3.05, 3.63) is 59.2 Å². The van der Waals surface area contributed by atoms with Crippen molar-refractivity contribution in [3.8, 4) is 0 Å². The fourth-order valence-corrected chi connectivity index (χ4v) is 2.27. The van der Waals surface area contributed by atoms with Crippen LogP contribution in [0.1, 0.15) is 28.4 Å². The van der Waals surface area contributed by atoms with Crippen molar-refractivity contribution in [1.82, 2.24) is 5.32 Å². The molecule has 3 N–H and O–H groups in total. The zero-order valence-corrected chi connectivity index (χ0v) is 14.3. The van der Waals surface area contributed by atoms with Crippen LogP contribution in [0.15, 0.2) is 42.5 Å². The fourth-order valence-electron chi connectivity index (χ4n) is 2.27. The van der Waals surface area contributed by atoms with E-state index in [0.29, 0.717) is 12.1 Å². The molecule has 0 aliphatic carbocycles. The van der Waals surface area contributed by atoms with Gasteiger partial charge in [-0.1, -0.05) is 12.1 Å². The minimum Gasteiger partial charge on any atom is -0.376 e. The summed E-state index contributed by atoms with van der Waals surface area (Å²) in [4.78, 5) is 23.8. The molecule has 0 fully saturated rings. The fraction of sp³-hybridized carbons (Fsp3) is 0.263. The second-order valence-electron chi connectivity index (χ2n) is 5.59. The van der Waals surface area contributed by atoms with Crippen LogP contribution in [0.4, 0.5) is 11.4 Å².